The lowest BCUT2D eigenvalue weighted by Crippen LogP contribution is -2.30. The SMILES string of the molecule is Cc1noc(C)c1CCC(=O)Nc1ccc(-c2ccc(N3CCCCC3)nn2)cc1. The molecule has 0 bridgehead atoms. The number of nitrogens with one attached hydrogen (secondary N) is 1. The Kier molecular flexibility index (Phi) is 6.07. The lowest BCUT2D eigenvalue weighted by molar-refractivity contribution is -0.116. The second-order valence-corrected chi connectivity index (χ2v) is 7.75. The van der Waals surface area contributed by atoms with Gasteiger partial charge in [-0.15, -0.1) is 10.2 Å². The molecule has 4 rings (SSSR count). The first-order valence-electron chi connectivity index (χ1n) is 10.5. The third-order valence-electron chi connectivity index (χ3n) is 5.58. The fourth-order valence-corrected chi connectivity index (χ4v) is 3.82. The molecule has 7 heteroatoms. The Balaban J connectivity index is 1.34. The van der Waals surface area contributed by atoms with Gasteiger partial charge in [0.2, 0.25) is 5.91 Å². The predicted molar refractivity (Wildman–Crippen MR) is 116 cm³/mol. The molecule has 0 radical (unpaired) electrons. The van der Waals surface area contributed by atoms with Gasteiger partial charge in [0, 0.05) is 36.3 Å². The number of hydrogen-bond acceptors (Lipinski definition) is 6. The molecule has 0 unspecified atom stereocenters. The van der Waals surface area contributed by atoms with E-state index in [1.807, 2.05) is 50.2 Å². The molecule has 1 N–H and O–H groups in total. The molecule has 1 aliphatic rings. The summed E-state index contributed by atoms with van der Waals surface area (Å²) < 4.78 is 5.15. The van der Waals surface area contributed by atoms with Crippen molar-refractivity contribution in [2.24, 2.45) is 0 Å². The molecule has 2 aromatic heterocycles. The van der Waals surface area contributed by atoms with Gasteiger partial charge >= 0.3 is 0 Å². The quantitative estimate of drug-likeness (QED) is 0.658. The highest BCUT2D eigenvalue weighted by Gasteiger charge is 2.13. The molecular formula is C23H27N5O2. The van der Waals surface area contributed by atoms with E-state index in [1.165, 1.54) is 19.3 Å². The van der Waals surface area contributed by atoms with Crippen molar-refractivity contribution in [3.63, 3.8) is 0 Å². The van der Waals surface area contributed by atoms with E-state index in [4.69, 9.17) is 4.52 Å². The van der Waals surface area contributed by atoms with E-state index in [0.29, 0.717) is 12.8 Å². The number of rotatable bonds is 6. The fourth-order valence-electron chi connectivity index (χ4n) is 3.82. The van der Waals surface area contributed by atoms with Crippen LogP contribution in [0.5, 0.6) is 0 Å². The smallest absolute Gasteiger partial charge is 0.224 e. The van der Waals surface area contributed by atoms with Gasteiger partial charge < -0.3 is 14.7 Å². The summed E-state index contributed by atoms with van der Waals surface area (Å²) in [5.74, 6) is 1.69. The molecule has 0 aliphatic carbocycles. The van der Waals surface area contributed by atoms with Crippen molar-refractivity contribution in [3.05, 3.63) is 53.4 Å². The summed E-state index contributed by atoms with van der Waals surface area (Å²) in [6.07, 6.45) is 4.73. The Labute approximate surface area is 176 Å². The number of nitrogens with zero attached hydrogens (tertiary/aromatic N) is 4. The van der Waals surface area contributed by atoms with E-state index in [9.17, 15) is 4.79 Å². The Hall–Kier alpha value is -3.22. The summed E-state index contributed by atoms with van der Waals surface area (Å²) in [5.41, 5.74) is 4.41. The van der Waals surface area contributed by atoms with Crippen LogP contribution in [0.15, 0.2) is 40.9 Å². The van der Waals surface area contributed by atoms with E-state index in [-0.39, 0.29) is 5.91 Å². The van der Waals surface area contributed by atoms with Crippen molar-refractivity contribution in [1.82, 2.24) is 15.4 Å². The number of hydrogen-bond donors (Lipinski definition) is 1. The minimum atomic E-state index is -0.0339. The van der Waals surface area contributed by atoms with Gasteiger partial charge in [-0.05, 0) is 63.8 Å². The van der Waals surface area contributed by atoms with Crippen LogP contribution in [-0.2, 0) is 11.2 Å². The summed E-state index contributed by atoms with van der Waals surface area (Å²) in [6, 6.07) is 11.7. The summed E-state index contributed by atoms with van der Waals surface area (Å²) >= 11 is 0. The number of benzene rings is 1. The van der Waals surface area contributed by atoms with Crippen molar-refractivity contribution < 1.29 is 9.32 Å². The van der Waals surface area contributed by atoms with Crippen LogP contribution in [0.25, 0.3) is 11.3 Å². The van der Waals surface area contributed by atoms with Gasteiger partial charge in [0.1, 0.15) is 5.76 Å². The van der Waals surface area contributed by atoms with Crippen molar-refractivity contribution in [1.29, 1.82) is 0 Å². The molecule has 1 amide bonds. The fraction of sp³-hybridized carbons (Fsp3) is 0.391. The largest absolute Gasteiger partial charge is 0.361 e. The van der Waals surface area contributed by atoms with Crippen LogP contribution >= 0.6 is 0 Å². The Morgan fingerprint density at radius 1 is 1.03 bits per heavy atom. The number of aromatic nitrogens is 3. The highest BCUT2D eigenvalue weighted by Crippen LogP contribution is 2.22. The molecule has 7 nitrogen and oxygen atoms in total. The zero-order chi connectivity index (χ0) is 20.9. The van der Waals surface area contributed by atoms with E-state index in [1.54, 1.807) is 0 Å². The van der Waals surface area contributed by atoms with Crippen LogP contribution < -0.4 is 10.2 Å². The lowest BCUT2D eigenvalue weighted by atomic mass is 10.1. The Morgan fingerprint density at radius 3 is 2.43 bits per heavy atom. The predicted octanol–water partition coefficient (Wildman–Crippen LogP) is 4.31. The maximum absolute atomic E-state index is 12.3. The van der Waals surface area contributed by atoms with Gasteiger partial charge in [-0.3, -0.25) is 4.79 Å². The van der Waals surface area contributed by atoms with Crippen LogP contribution in [0, 0.1) is 13.8 Å². The second kappa shape index (κ2) is 9.07. The van der Waals surface area contributed by atoms with Gasteiger partial charge in [-0.25, -0.2) is 0 Å². The zero-order valence-electron chi connectivity index (χ0n) is 17.5. The van der Waals surface area contributed by atoms with Crippen molar-refractivity contribution >= 4 is 17.4 Å². The number of amides is 1. The molecule has 30 heavy (non-hydrogen) atoms. The van der Waals surface area contributed by atoms with Gasteiger partial charge in [-0.2, -0.15) is 0 Å². The highest BCUT2D eigenvalue weighted by molar-refractivity contribution is 5.91. The molecule has 0 atom stereocenters. The first-order chi connectivity index (χ1) is 14.6. The molecule has 1 aromatic carbocycles. The number of carbonyl (C=O) groups is 1. The average molecular weight is 406 g/mol. The number of piperidine rings is 1. The molecule has 1 fully saturated rings. The number of anilines is 2. The Morgan fingerprint density at radius 2 is 1.80 bits per heavy atom. The maximum Gasteiger partial charge on any atom is 0.224 e. The summed E-state index contributed by atoms with van der Waals surface area (Å²) in [4.78, 5) is 14.6. The number of carbonyl (C=O) groups excluding carboxylic acids is 1. The van der Waals surface area contributed by atoms with Gasteiger partial charge in [0.15, 0.2) is 5.82 Å². The minimum Gasteiger partial charge on any atom is -0.361 e. The third-order valence-corrected chi connectivity index (χ3v) is 5.58. The molecule has 3 heterocycles. The van der Waals surface area contributed by atoms with Crippen molar-refractivity contribution in [2.45, 2.75) is 46.0 Å². The van der Waals surface area contributed by atoms with Gasteiger partial charge in [0.05, 0.1) is 11.4 Å². The zero-order valence-corrected chi connectivity index (χ0v) is 17.5. The molecule has 3 aromatic rings. The van der Waals surface area contributed by atoms with E-state index in [2.05, 4.69) is 25.6 Å². The third kappa shape index (κ3) is 4.67. The van der Waals surface area contributed by atoms with E-state index in [0.717, 1.165) is 52.9 Å². The van der Waals surface area contributed by atoms with Crippen LogP contribution in [0.2, 0.25) is 0 Å². The summed E-state index contributed by atoms with van der Waals surface area (Å²) in [6.45, 7) is 5.87. The highest BCUT2D eigenvalue weighted by atomic mass is 16.5. The van der Waals surface area contributed by atoms with E-state index >= 15 is 0 Å². The first-order valence-corrected chi connectivity index (χ1v) is 10.5. The van der Waals surface area contributed by atoms with Gasteiger partial charge in [-0.1, -0.05) is 17.3 Å². The monoisotopic (exact) mass is 405 g/mol. The maximum atomic E-state index is 12.3. The molecule has 0 saturated carbocycles. The number of aryl methyl sites for hydroxylation is 2. The van der Waals surface area contributed by atoms with Crippen molar-refractivity contribution in [3.8, 4) is 11.3 Å². The molecule has 1 saturated heterocycles. The topological polar surface area (TPSA) is 84.2 Å². The Bertz CT molecular complexity index is 970. The van der Waals surface area contributed by atoms with E-state index < -0.39 is 0 Å². The second-order valence-electron chi connectivity index (χ2n) is 7.75. The van der Waals surface area contributed by atoms with Crippen molar-refractivity contribution in [2.75, 3.05) is 23.3 Å². The average Bonchev–Trinajstić information content (AvgIpc) is 3.11. The summed E-state index contributed by atoms with van der Waals surface area (Å²) in [7, 11) is 0. The summed E-state index contributed by atoms with van der Waals surface area (Å²) in [5, 5.41) is 15.7. The van der Waals surface area contributed by atoms with Crippen LogP contribution in [0.4, 0.5) is 11.5 Å². The standard InChI is InChI=1S/C23H27N5O2/c1-16-20(17(2)30-27-16)10-13-23(29)24-19-8-6-18(7-9-19)21-11-12-22(26-25-21)28-14-4-3-5-15-28/h6-9,11-12H,3-5,10,13-15H2,1-2H3,(H,24,29). The van der Waals surface area contributed by atoms with Crippen LogP contribution in [-0.4, -0.2) is 34.4 Å². The first kappa shape index (κ1) is 20.1. The minimum absolute atomic E-state index is 0.0339. The molecule has 156 valence electrons. The normalized spacial score (nSPS) is 14.0. The van der Waals surface area contributed by atoms with Crippen LogP contribution in [0.1, 0.15) is 42.7 Å². The molecular weight excluding hydrogens is 378 g/mol. The van der Waals surface area contributed by atoms with Crippen LogP contribution in [0.3, 0.4) is 0 Å². The molecule has 0 spiro atoms. The van der Waals surface area contributed by atoms with Gasteiger partial charge in [0.25, 0.3) is 0 Å². The lowest BCUT2D eigenvalue weighted by Gasteiger charge is -2.27. The molecule has 1 aliphatic heterocycles.